The van der Waals surface area contributed by atoms with Crippen LogP contribution in [0.4, 0.5) is 0 Å². The van der Waals surface area contributed by atoms with Gasteiger partial charge in [-0.2, -0.15) is 0 Å². The summed E-state index contributed by atoms with van der Waals surface area (Å²) in [6.45, 7) is 1.37. The molecule has 0 aromatic heterocycles. The smallest absolute Gasteiger partial charge is 0.0578 e. The summed E-state index contributed by atoms with van der Waals surface area (Å²) in [5.41, 5.74) is 5.85. The topological polar surface area (TPSA) is 38.0 Å². The zero-order valence-corrected chi connectivity index (χ0v) is 6.90. The van der Waals surface area contributed by atoms with Crippen molar-refractivity contribution in [3.63, 3.8) is 0 Å². The lowest BCUT2D eigenvalue weighted by atomic mass is 9.98. The van der Waals surface area contributed by atoms with E-state index in [1.165, 1.54) is 25.7 Å². The molecular formula is C9H16N2. The first kappa shape index (κ1) is 8.58. The van der Waals surface area contributed by atoms with Crippen LogP contribution in [0.3, 0.4) is 0 Å². The van der Waals surface area contributed by atoms with E-state index in [9.17, 15) is 0 Å². The third kappa shape index (κ3) is 1.95. The number of nitrogens with two attached hydrogens (primary N) is 1. The average Bonchev–Trinajstić information content (AvgIpc) is 2.50. The lowest BCUT2D eigenvalue weighted by Crippen LogP contribution is -2.49. The van der Waals surface area contributed by atoms with E-state index in [1.807, 2.05) is 0 Å². The van der Waals surface area contributed by atoms with Gasteiger partial charge in [0.1, 0.15) is 0 Å². The fraction of sp³-hybridized carbons (Fsp3) is 0.778. The molecule has 1 aliphatic rings. The Labute approximate surface area is 68.5 Å². The molecule has 1 saturated carbocycles. The predicted octanol–water partition coefficient (Wildman–Crippen LogP) is 0.481. The predicted molar refractivity (Wildman–Crippen MR) is 47.1 cm³/mol. The Morgan fingerprint density at radius 1 is 1.45 bits per heavy atom. The lowest BCUT2D eigenvalue weighted by molar-refractivity contribution is 0.358. The monoisotopic (exact) mass is 152 g/mol. The standard InChI is InChI=1S/C9H16N2/c1-2-7-11-9(8-10)5-3-4-6-9/h1,11H,3-8,10H2. The molecule has 0 radical (unpaired) electrons. The first-order chi connectivity index (χ1) is 5.33. The molecule has 1 fully saturated rings. The summed E-state index contributed by atoms with van der Waals surface area (Å²) < 4.78 is 0. The average molecular weight is 152 g/mol. The number of rotatable bonds is 3. The minimum absolute atomic E-state index is 0.173. The van der Waals surface area contributed by atoms with Gasteiger partial charge in [0.05, 0.1) is 6.54 Å². The zero-order chi connectivity index (χ0) is 8.16. The van der Waals surface area contributed by atoms with E-state index in [0.29, 0.717) is 13.1 Å². The first-order valence-electron chi connectivity index (χ1n) is 4.21. The Balaban J connectivity index is 2.40. The van der Waals surface area contributed by atoms with Crippen LogP contribution in [0.1, 0.15) is 25.7 Å². The molecule has 62 valence electrons. The highest BCUT2D eigenvalue weighted by atomic mass is 15.0. The summed E-state index contributed by atoms with van der Waals surface area (Å²) in [7, 11) is 0. The van der Waals surface area contributed by atoms with Crippen molar-refractivity contribution >= 4 is 0 Å². The van der Waals surface area contributed by atoms with Crippen LogP contribution in [-0.2, 0) is 0 Å². The van der Waals surface area contributed by atoms with E-state index >= 15 is 0 Å². The highest BCUT2D eigenvalue weighted by Crippen LogP contribution is 2.28. The van der Waals surface area contributed by atoms with E-state index in [-0.39, 0.29) is 5.54 Å². The number of hydrogen-bond donors (Lipinski definition) is 2. The summed E-state index contributed by atoms with van der Waals surface area (Å²) in [6, 6.07) is 0. The van der Waals surface area contributed by atoms with Crippen LogP contribution in [0.25, 0.3) is 0 Å². The van der Waals surface area contributed by atoms with Crippen molar-refractivity contribution in [2.45, 2.75) is 31.2 Å². The van der Waals surface area contributed by atoms with Gasteiger partial charge in [0.2, 0.25) is 0 Å². The highest BCUT2D eigenvalue weighted by molar-refractivity contribution is 4.98. The molecule has 0 bridgehead atoms. The Bertz CT molecular complexity index is 151. The van der Waals surface area contributed by atoms with Crippen molar-refractivity contribution in [2.24, 2.45) is 5.73 Å². The second-order valence-corrected chi connectivity index (χ2v) is 3.25. The lowest BCUT2D eigenvalue weighted by Gasteiger charge is -2.27. The van der Waals surface area contributed by atoms with Crippen molar-refractivity contribution in [1.29, 1.82) is 0 Å². The largest absolute Gasteiger partial charge is 0.329 e. The number of hydrogen-bond acceptors (Lipinski definition) is 2. The Kier molecular flexibility index (Phi) is 2.92. The van der Waals surface area contributed by atoms with Crippen LogP contribution in [0.2, 0.25) is 0 Å². The van der Waals surface area contributed by atoms with Gasteiger partial charge in [-0.1, -0.05) is 18.8 Å². The van der Waals surface area contributed by atoms with Crippen LogP contribution in [0.5, 0.6) is 0 Å². The normalized spacial score (nSPS) is 21.5. The molecule has 0 spiro atoms. The minimum Gasteiger partial charge on any atom is -0.329 e. The Morgan fingerprint density at radius 3 is 2.55 bits per heavy atom. The first-order valence-corrected chi connectivity index (χ1v) is 4.21. The molecule has 0 aliphatic heterocycles. The van der Waals surface area contributed by atoms with E-state index in [4.69, 9.17) is 12.2 Å². The number of terminal acetylenes is 1. The van der Waals surface area contributed by atoms with Gasteiger partial charge in [0.15, 0.2) is 0 Å². The summed E-state index contributed by atoms with van der Waals surface area (Å²) in [4.78, 5) is 0. The van der Waals surface area contributed by atoms with Gasteiger partial charge in [0, 0.05) is 12.1 Å². The Morgan fingerprint density at radius 2 is 2.09 bits per heavy atom. The van der Waals surface area contributed by atoms with Crippen LogP contribution in [0, 0.1) is 12.3 Å². The van der Waals surface area contributed by atoms with Gasteiger partial charge in [-0.05, 0) is 12.8 Å². The second-order valence-electron chi connectivity index (χ2n) is 3.25. The van der Waals surface area contributed by atoms with E-state index in [0.717, 1.165) is 0 Å². The van der Waals surface area contributed by atoms with E-state index in [1.54, 1.807) is 0 Å². The molecular weight excluding hydrogens is 136 g/mol. The molecule has 0 aromatic carbocycles. The molecule has 2 heteroatoms. The van der Waals surface area contributed by atoms with Crippen molar-refractivity contribution in [3.8, 4) is 12.3 Å². The van der Waals surface area contributed by atoms with Gasteiger partial charge < -0.3 is 5.73 Å². The number of nitrogens with one attached hydrogen (secondary N) is 1. The van der Waals surface area contributed by atoms with Gasteiger partial charge in [-0.15, -0.1) is 6.42 Å². The van der Waals surface area contributed by atoms with Crippen LogP contribution in [0.15, 0.2) is 0 Å². The van der Waals surface area contributed by atoms with Gasteiger partial charge in [0.25, 0.3) is 0 Å². The molecule has 0 unspecified atom stereocenters. The summed E-state index contributed by atoms with van der Waals surface area (Å²) in [5.74, 6) is 2.59. The molecule has 1 rings (SSSR count). The molecule has 1 aliphatic carbocycles. The zero-order valence-electron chi connectivity index (χ0n) is 6.90. The fourth-order valence-corrected chi connectivity index (χ4v) is 1.74. The quantitative estimate of drug-likeness (QED) is 0.577. The molecule has 0 aromatic rings. The molecule has 0 saturated heterocycles. The van der Waals surface area contributed by atoms with Crippen molar-refractivity contribution in [3.05, 3.63) is 0 Å². The maximum atomic E-state index is 5.68. The van der Waals surface area contributed by atoms with Gasteiger partial charge >= 0.3 is 0 Å². The molecule has 0 heterocycles. The van der Waals surface area contributed by atoms with E-state index in [2.05, 4.69) is 11.2 Å². The summed E-state index contributed by atoms with van der Waals surface area (Å²) in [6.07, 6.45) is 10.1. The van der Waals surface area contributed by atoms with Crippen LogP contribution in [-0.4, -0.2) is 18.6 Å². The summed E-state index contributed by atoms with van der Waals surface area (Å²) in [5, 5.41) is 3.33. The molecule has 0 amide bonds. The van der Waals surface area contributed by atoms with Crippen molar-refractivity contribution in [2.75, 3.05) is 13.1 Å². The Hall–Kier alpha value is -0.520. The highest BCUT2D eigenvalue weighted by Gasteiger charge is 2.30. The molecule has 2 nitrogen and oxygen atoms in total. The van der Waals surface area contributed by atoms with Crippen molar-refractivity contribution in [1.82, 2.24) is 5.32 Å². The maximum absolute atomic E-state index is 5.68. The molecule has 3 N–H and O–H groups in total. The SMILES string of the molecule is C#CCNC1(CN)CCCC1. The molecule has 11 heavy (non-hydrogen) atoms. The maximum Gasteiger partial charge on any atom is 0.0578 e. The fourth-order valence-electron chi connectivity index (χ4n) is 1.74. The van der Waals surface area contributed by atoms with Crippen LogP contribution >= 0.6 is 0 Å². The van der Waals surface area contributed by atoms with Crippen LogP contribution < -0.4 is 11.1 Å². The van der Waals surface area contributed by atoms with E-state index < -0.39 is 0 Å². The second kappa shape index (κ2) is 3.75. The molecule has 0 atom stereocenters. The third-order valence-electron chi connectivity index (χ3n) is 2.52. The minimum atomic E-state index is 0.173. The van der Waals surface area contributed by atoms with Gasteiger partial charge in [-0.25, -0.2) is 0 Å². The van der Waals surface area contributed by atoms with Crippen molar-refractivity contribution < 1.29 is 0 Å². The van der Waals surface area contributed by atoms with Gasteiger partial charge in [-0.3, -0.25) is 5.32 Å². The summed E-state index contributed by atoms with van der Waals surface area (Å²) >= 11 is 0. The third-order valence-corrected chi connectivity index (χ3v) is 2.52.